The molecule has 19 heavy (non-hydrogen) atoms. The highest BCUT2D eigenvalue weighted by atomic mass is 32.2. The number of allylic oxidation sites excluding steroid dienone is 3. The Bertz CT molecular complexity index is 772. The van der Waals surface area contributed by atoms with Crippen LogP contribution in [-0.2, 0) is 0 Å². The highest BCUT2D eigenvalue weighted by Crippen LogP contribution is 2.30. The summed E-state index contributed by atoms with van der Waals surface area (Å²) in [4.78, 5) is 6.42. The normalized spacial score (nSPS) is 20.9. The Kier molecular flexibility index (Phi) is 3.37. The second-order valence-electron chi connectivity index (χ2n) is 4.36. The largest absolute Gasteiger partial charge is 0.256 e. The van der Waals surface area contributed by atoms with Crippen LogP contribution in [-0.4, -0.2) is 6.21 Å². The molecule has 0 saturated carbocycles. The van der Waals surface area contributed by atoms with E-state index in [1.165, 1.54) is 20.9 Å². The van der Waals surface area contributed by atoms with E-state index in [-0.39, 0.29) is 0 Å². The third kappa shape index (κ3) is 2.70. The van der Waals surface area contributed by atoms with Crippen molar-refractivity contribution in [2.75, 3.05) is 0 Å². The molecule has 1 nitrogen and oxygen atoms in total. The minimum atomic E-state index is 0.871. The minimum Gasteiger partial charge on any atom is -0.256 e. The van der Waals surface area contributed by atoms with Crippen LogP contribution in [0.2, 0.25) is 0 Å². The van der Waals surface area contributed by atoms with E-state index in [2.05, 4.69) is 53.7 Å². The second kappa shape index (κ2) is 5.31. The van der Waals surface area contributed by atoms with Gasteiger partial charge in [-0.1, -0.05) is 54.4 Å². The number of benzene rings is 1. The smallest absolute Gasteiger partial charge is 0.0687 e. The van der Waals surface area contributed by atoms with Crippen LogP contribution in [0.15, 0.2) is 69.2 Å². The molecule has 92 valence electrons. The van der Waals surface area contributed by atoms with Gasteiger partial charge in [-0.2, -0.15) is 0 Å². The van der Waals surface area contributed by atoms with Crippen molar-refractivity contribution >= 4 is 30.1 Å². The molecule has 0 radical (unpaired) electrons. The van der Waals surface area contributed by atoms with Gasteiger partial charge in [0.05, 0.1) is 6.20 Å². The highest BCUT2D eigenvalue weighted by molar-refractivity contribution is 8.07. The summed E-state index contributed by atoms with van der Waals surface area (Å²) in [5.41, 5.74) is 4.27. The Morgan fingerprint density at radius 3 is 2.95 bits per heavy atom. The lowest BCUT2D eigenvalue weighted by Gasteiger charge is -2.04. The topological polar surface area (TPSA) is 12.4 Å². The Balaban J connectivity index is 2.18. The van der Waals surface area contributed by atoms with Crippen molar-refractivity contribution in [2.45, 2.75) is 6.42 Å². The molecule has 0 N–H and O–H groups in total. The minimum absolute atomic E-state index is 0.871. The van der Waals surface area contributed by atoms with Gasteiger partial charge in [0.1, 0.15) is 0 Å². The maximum absolute atomic E-state index is 4.22. The standard InChI is InChI=1S/C17H13NS/c1-13-11-15-6-3-2-5-14(15)8-9-16-12-18-10-4-7-17(16)19-13/h2-3,5-8,10-12H,1,9H2/b14-8-,15-11-. The molecule has 2 aliphatic heterocycles. The van der Waals surface area contributed by atoms with Crippen LogP contribution in [0.3, 0.4) is 0 Å². The molecule has 0 aliphatic carbocycles. The first-order chi connectivity index (χ1) is 9.33. The fourth-order valence-corrected chi connectivity index (χ4v) is 2.94. The molecule has 1 aromatic carbocycles. The third-order valence-corrected chi connectivity index (χ3v) is 3.99. The first kappa shape index (κ1) is 12.0. The maximum atomic E-state index is 4.22. The van der Waals surface area contributed by atoms with Crippen molar-refractivity contribution in [3.05, 3.63) is 74.7 Å². The Morgan fingerprint density at radius 1 is 1.21 bits per heavy atom. The van der Waals surface area contributed by atoms with Gasteiger partial charge in [0.25, 0.3) is 0 Å². The van der Waals surface area contributed by atoms with Crippen molar-refractivity contribution in [1.82, 2.24) is 0 Å². The number of aliphatic imine (C=N–C) groups is 1. The summed E-state index contributed by atoms with van der Waals surface area (Å²) in [6.07, 6.45) is 10.8. The van der Waals surface area contributed by atoms with Gasteiger partial charge in [-0.3, -0.25) is 4.99 Å². The zero-order valence-corrected chi connectivity index (χ0v) is 11.3. The molecule has 0 saturated heterocycles. The van der Waals surface area contributed by atoms with Crippen LogP contribution in [0.1, 0.15) is 6.42 Å². The average molecular weight is 263 g/mol. The van der Waals surface area contributed by atoms with Gasteiger partial charge in [-0.25, -0.2) is 0 Å². The van der Waals surface area contributed by atoms with Gasteiger partial charge in [0, 0.05) is 16.0 Å². The van der Waals surface area contributed by atoms with Gasteiger partial charge in [0.15, 0.2) is 0 Å². The molecule has 0 bridgehead atoms. The molecule has 0 spiro atoms. The van der Waals surface area contributed by atoms with E-state index in [1.807, 2.05) is 12.3 Å². The van der Waals surface area contributed by atoms with E-state index >= 15 is 0 Å². The Labute approximate surface area is 116 Å². The molecule has 0 atom stereocenters. The molecule has 3 rings (SSSR count). The van der Waals surface area contributed by atoms with Crippen LogP contribution in [0.25, 0.3) is 12.2 Å². The van der Waals surface area contributed by atoms with Gasteiger partial charge in [-0.15, -0.1) is 0 Å². The number of hydrogen-bond acceptors (Lipinski definition) is 2. The van der Waals surface area contributed by atoms with Gasteiger partial charge < -0.3 is 0 Å². The zero-order chi connectivity index (χ0) is 13.1. The first-order valence-electron chi connectivity index (χ1n) is 6.14. The van der Waals surface area contributed by atoms with Crippen molar-refractivity contribution in [3.63, 3.8) is 0 Å². The molecule has 0 fully saturated rings. The first-order valence-corrected chi connectivity index (χ1v) is 6.95. The van der Waals surface area contributed by atoms with Crippen LogP contribution < -0.4 is 10.4 Å². The molecular weight excluding hydrogens is 250 g/mol. The van der Waals surface area contributed by atoms with Crippen molar-refractivity contribution < 1.29 is 0 Å². The molecule has 2 aliphatic rings. The fraction of sp³-hybridized carbons (Fsp3) is 0.0588. The summed E-state index contributed by atoms with van der Waals surface area (Å²) >= 11 is 1.68. The lowest BCUT2D eigenvalue weighted by atomic mass is 10.1. The molecule has 0 amide bonds. The summed E-state index contributed by atoms with van der Waals surface area (Å²) in [7, 11) is 0. The number of rotatable bonds is 0. The molecule has 1 aromatic rings. The summed E-state index contributed by atoms with van der Waals surface area (Å²) < 4.78 is 0. The number of hydrogen-bond donors (Lipinski definition) is 0. The average Bonchev–Trinajstić information content (AvgIpc) is 2.59. The predicted molar refractivity (Wildman–Crippen MR) is 84.1 cm³/mol. The van der Waals surface area contributed by atoms with E-state index in [0.29, 0.717) is 0 Å². The van der Waals surface area contributed by atoms with Gasteiger partial charge >= 0.3 is 0 Å². The van der Waals surface area contributed by atoms with Crippen LogP contribution >= 0.6 is 11.8 Å². The van der Waals surface area contributed by atoms with Crippen molar-refractivity contribution in [1.29, 1.82) is 0 Å². The summed E-state index contributed by atoms with van der Waals surface area (Å²) in [5, 5.41) is 2.46. The Morgan fingerprint density at radius 2 is 2.05 bits per heavy atom. The fourth-order valence-electron chi connectivity index (χ4n) is 2.08. The molecule has 0 unspecified atom stereocenters. The van der Waals surface area contributed by atoms with E-state index in [1.54, 1.807) is 18.0 Å². The van der Waals surface area contributed by atoms with Crippen LogP contribution in [0.4, 0.5) is 0 Å². The van der Waals surface area contributed by atoms with E-state index in [4.69, 9.17) is 0 Å². The second-order valence-corrected chi connectivity index (χ2v) is 5.53. The predicted octanol–water partition coefficient (Wildman–Crippen LogP) is 2.91. The Hall–Kier alpha value is -2.02. The SMILES string of the molecule is C=C1/C=c2/cccc/c2=C/CC2=C(C=C=CN=C2)S1. The molecule has 2 heterocycles. The van der Waals surface area contributed by atoms with E-state index in [0.717, 1.165) is 11.3 Å². The highest BCUT2D eigenvalue weighted by Gasteiger charge is 2.06. The van der Waals surface area contributed by atoms with E-state index < -0.39 is 0 Å². The number of nitrogens with zero attached hydrogens (tertiary/aromatic N) is 1. The lowest BCUT2D eigenvalue weighted by molar-refractivity contribution is 1.37. The van der Waals surface area contributed by atoms with Crippen molar-refractivity contribution in [3.8, 4) is 0 Å². The summed E-state index contributed by atoms with van der Waals surface area (Å²) in [6, 6.07) is 8.38. The van der Waals surface area contributed by atoms with Crippen LogP contribution in [0, 0.1) is 0 Å². The number of thioether (sulfide) groups is 1. The van der Waals surface area contributed by atoms with Crippen LogP contribution in [0.5, 0.6) is 0 Å². The van der Waals surface area contributed by atoms with Gasteiger partial charge in [-0.05, 0) is 34.6 Å². The van der Waals surface area contributed by atoms with E-state index in [9.17, 15) is 0 Å². The van der Waals surface area contributed by atoms with Crippen molar-refractivity contribution in [2.24, 2.45) is 4.99 Å². The third-order valence-electron chi connectivity index (χ3n) is 3.01. The molecular formula is C17H13NS. The van der Waals surface area contributed by atoms with Gasteiger partial charge in [0.2, 0.25) is 0 Å². The lowest BCUT2D eigenvalue weighted by Crippen LogP contribution is -2.23. The molecule has 2 heteroatoms. The summed E-state index contributed by atoms with van der Waals surface area (Å²) in [6.45, 7) is 4.13. The monoisotopic (exact) mass is 263 g/mol. The maximum Gasteiger partial charge on any atom is 0.0687 e. The summed E-state index contributed by atoms with van der Waals surface area (Å²) in [5.74, 6) is 0. The quantitative estimate of drug-likeness (QED) is 0.656. The zero-order valence-electron chi connectivity index (χ0n) is 10.5. The number of fused-ring (bicyclic) bond motifs is 1. The molecule has 0 aromatic heterocycles.